The first-order valence-electron chi connectivity index (χ1n) is 10.7. The van der Waals surface area contributed by atoms with E-state index < -0.39 is 0 Å². The fourth-order valence-electron chi connectivity index (χ4n) is 6.22. The van der Waals surface area contributed by atoms with E-state index in [-0.39, 0.29) is 5.91 Å². The lowest BCUT2D eigenvalue weighted by Crippen LogP contribution is -2.82. The van der Waals surface area contributed by atoms with E-state index in [4.69, 9.17) is 0 Å². The number of nitrogens with zero attached hydrogens (tertiary/aromatic N) is 4. The highest BCUT2D eigenvalue weighted by Crippen LogP contribution is 2.51. The van der Waals surface area contributed by atoms with Crippen LogP contribution < -0.4 is 0 Å². The largest absolute Gasteiger partial charge is 0.356 e. The van der Waals surface area contributed by atoms with Gasteiger partial charge in [-0.15, -0.1) is 0 Å². The van der Waals surface area contributed by atoms with Crippen LogP contribution in [-0.4, -0.2) is 90.1 Å². The van der Waals surface area contributed by atoms with Crippen molar-refractivity contribution in [2.24, 2.45) is 11.8 Å². The number of rotatable bonds is 6. The molecule has 2 fully saturated rings. The predicted molar refractivity (Wildman–Crippen MR) is 108 cm³/mol. The zero-order valence-electron chi connectivity index (χ0n) is 18.8. The Bertz CT molecular complexity index is 465. The van der Waals surface area contributed by atoms with Crippen LogP contribution in [0, 0.1) is 11.8 Å². The van der Waals surface area contributed by atoms with Gasteiger partial charge in [-0.05, 0) is 39.5 Å². The molecule has 148 valence electrons. The molecule has 0 N–H and O–H groups in total. The zero-order chi connectivity index (χ0) is 19.2. The highest BCUT2D eigenvalue weighted by molar-refractivity contribution is 4.93. The third kappa shape index (κ3) is 2.88. The minimum absolute atomic E-state index is 0.0802. The van der Waals surface area contributed by atoms with Crippen molar-refractivity contribution in [2.45, 2.75) is 73.4 Å². The molecule has 2 aliphatic heterocycles. The molecule has 0 aliphatic carbocycles. The summed E-state index contributed by atoms with van der Waals surface area (Å²) in [6.45, 7) is 26.6. The van der Waals surface area contributed by atoms with Crippen molar-refractivity contribution in [1.29, 1.82) is 0 Å². The van der Waals surface area contributed by atoms with Crippen LogP contribution in [0.15, 0.2) is 0 Å². The molecular formula is C21H46N4+2. The van der Waals surface area contributed by atoms with E-state index in [9.17, 15) is 0 Å². The van der Waals surface area contributed by atoms with Crippen molar-refractivity contribution in [3.63, 3.8) is 0 Å². The molecule has 0 aromatic heterocycles. The Hall–Kier alpha value is -0.160. The van der Waals surface area contributed by atoms with Gasteiger partial charge >= 0.3 is 5.91 Å². The van der Waals surface area contributed by atoms with Crippen molar-refractivity contribution in [3.05, 3.63) is 0 Å². The van der Waals surface area contributed by atoms with Crippen LogP contribution in [0.4, 0.5) is 0 Å². The van der Waals surface area contributed by atoms with E-state index in [0.717, 1.165) is 8.97 Å². The first kappa shape index (κ1) is 21.1. The van der Waals surface area contributed by atoms with Gasteiger partial charge in [0.2, 0.25) is 0 Å². The first-order chi connectivity index (χ1) is 11.5. The minimum atomic E-state index is 0.0802. The summed E-state index contributed by atoms with van der Waals surface area (Å²) < 4.78 is 2.31. The average Bonchev–Trinajstić information content (AvgIpc) is 2.86. The van der Waals surface area contributed by atoms with Gasteiger partial charge in [0.1, 0.15) is 12.6 Å². The van der Waals surface area contributed by atoms with Gasteiger partial charge in [0, 0.05) is 13.1 Å². The second-order valence-electron chi connectivity index (χ2n) is 10.1. The van der Waals surface area contributed by atoms with Crippen molar-refractivity contribution >= 4 is 0 Å². The predicted octanol–water partition coefficient (Wildman–Crippen LogP) is 3.25. The van der Waals surface area contributed by atoms with E-state index in [1.54, 1.807) is 0 Å². The maximum absolute atomic E-state index is 2.91. The molecule has 0 saturated carbocycles. The summed E-state index contributed by atoms with van der Waals surface area (Å²) in [5.41, 5.74) is 0. The fraction of sp³-hybridized carbons (Fsp3) is 1.00. The summed E-state index contributed by atoms with van der Waals surface area (Å²) in [5.74, 6) is 1.48. The molecule has 3 unspecified atom stereocenters. The van der Waals surface area contributed by atoms with Gasteiger partial charge < -0.3 is 0 Å². The van der Waals surface area contributed by atoms with E-state index in [2.05, 4.69) is 79.3 Å². The summed E-state index contributed by atoms with van der Waals surface area (Å²) >= 11 is 0. The van der Waals surface area contributed by atoms with Gasteiger partial charge in [0.25, 0.3) is 0 Å². The molecule has 0 bridgehead atoms. The minimum Gasteiger partial charge on any atom is -0.244 e. The molecule has 25 heavy (non-hydrogen) atoms. The SMILES string of the molecule is CC[N@+]1(C)CC(C)N(CC(C)C)C12N(CC(C)C)CC(C)[N@@+]2(C)CC. The Morgan fingerprint density at radius 1 is 0.960 bits per heavy atom. The quantitative estimate of drug-likeness (QED) is 0.676. The second kappa shape index (κ2) is 7.10. The summed E-state index contributed by atoms with van der Waals surface area (Å²) in [6, 6.07) is 1.31. The monoisotopic (exact) mass is 354 g/mol. The lowest BCUT2D eigenvalue weighted by atomic mass is 10.1. The van der Waals surface area contributed by atoms with Crippen molar-refractivity contribution in [1.82, 2.24) is 9.80 Å². The maximum atomic E-state index is 2.91. The van der Waals surface area contributed by atoms with Crippen LogP contribution in [0.1, 0.15) is 55.4 Å². The van der Waals surface area contributed by atoms with Gasteiger partial charge in [0.05, 0.1) is 39.8 Å². The smallest absolute Gasteiger partial charge is 0.244 e. The number of quaternary nitrogens is 2. The first-order valence-corrected chi connectivity index (χ1v) is 10.7. The number of likely N-dealkylation sites (N-methyl/N-ethyl adjacent to an activating group) is 2. The molecule has 2 heterocycles. The molecule has 4 nitrogen and oxygen atoms in total. The van der Waals surface area contributed by atoms with Crippen LogP contribution in [0.3, 0.4) is 0 Å². The molecular weight excluding hydrogens is 308 g/mol. The molecule has 0 aromatic rings. The Labute approximate surface area is 157 Å². The fourth-order valence-corrected chi connectivity index (χ4v) is 6.22. The van der Waals surface area contributed by atoms with Crippen LogP contribution in [0.25, 0.3) is 0 Å². The highest BCUT2D eigenvalue weighted by atomic mass is 15.9. The summed E-state index contributed by atoms with van der Waals surface area (Å²) in [6.07, 6.45) is 0. The Morgan fingerprint density at radius 3 is 1.96 bits per heavy atom. The van der Waals surface area contributed by atoms with Gasteiger partial charge in [-0.3, -0.25) is 0 Å². The topological polar surface area (TPSA) is 6.48 Å². The lowest BCUT2D eigenvalue weighted by molar-refractivity contribution is -1.17. The van der Waals surface area contributed by atoms with Crippen molar-refractivity contribution in [2.75, 3.05) is 53.4 Å². The van der Waals surface area contributed by atoms with Crippen LogP contribution in [0.5, 0.6) is 0 Å². The molecule has 0 aromatic carbocycles. The van der Waals surface area contributed by atoms with Crippen LogP contribution in [-0.2, 0) is 0 Å². The van der Waals surface area contributed by atoms with E-state index in [0.29, 0.717) is 23.9 Å². The molecule has 1 spiro atoms. The van der Waals surface area contributed by atoms with E-state index >= 15 is 0 Å². The highest BCUT2D eigenvalue weighted by Gasteiger charge is 2.77. The standard InChI is InChI=1S/C21H46N4/c1-11-24(9)16-19(7)23(14-18(5)6)21(24)22(13-17(3)4)15-20(8)25(21,10)12-2/h17-20H,11-16H2,1-10H3/q+2/t19?,20?,21?,24-,25-/m1/s1. The Kier molecular flexibility index (Phi) is 6.01. The number of hydrogen-bond donors (Lipinski definition) is 0. The Morgan fingerprint density at radius 2 is 1.52 bits per heavy atom. The van der Waals surface area contributed by atoms with Crippen molar-refractivity contribution < 1.29 is 8.97 Å². The Balaban J connectivity index is 2.70. The van der Waals surface area contributed by atoms with Gasteiger partial charge in [-0.25, -0.2) is 8.97 Å². The van der Waals surface area contributed by atoms with Crippen LogP contribution >= 0.6 is 0 Å². The van der Waals surface area contributed by atoms with Gasteiger partial charge in [-0.1, -0.05) is 27.7 Å². The van der Waals surface area contributed by atoms with E-state index in [1.165, 1.54) is 39.3 Å². The van der Waals surface area contributed by atoms with Crippen molar-refractivity contribution in [3.8, 4) is 0 Å². The molecule has 0 radical (unpaired) electrons. The molecule has 0 amide bonds. The molecule has 2 aliphatic rings. The van der Waals surface area contributed by atoms with E-state index in [1.807, 2.05) is 0 Å². The molecule has 5 atom stereocenters. The third-order valence-electron chi connectivity index (χ3n) is 7.38. The molecule has 4 heteroatoms. The third-order valence-corrected chi connectivity index (χ3v) is 7.38. The normalized spacial score (nSPS) is 43.2. The maximum Gasteiger partial charge on any atom is 0.356 e. The summed E-state index contributed by atoms with van der Waals surface area (Å²) in [7, 11) is 5.08. The van der Waals surface area contributed by atoms with Gasteiger partial charge in [0.15, 0.2) is 0 Å². The average molecular weight is 355 g/mol. The summed E-state index contributed by atoms with van der Waals surface area (Å²) in [4.78, 5) is 5.80. The van der Waals surface area contributed by atoms with Crippen LogP contribution in [0.2, 0.25) is 0 Å². The summed E-state index contributed by atoms with van der Waals surface area (Å²) in [5, 5.41) is 0. The lowest BCUT2D eigenvalue weighted by Gasteiger charge is -2.57. The second-order valence-corrected chi connectivity index (χ2v) is 10.1. The number of hydrogen-bond acceptors (Lipinski definition) is 2. The zero-order valence-corrected chi connectivity index (χ0v) is 18.8. The molecule has 2 rings (SSSR count). The van der Waals surface area contributed by atoms with Gasteiger partial charge in [-0.2, -0.15) is 9.80 Å². The molecule has 2 saturated heterocycles.